The minimum Gasteiger partial charge on any atom is -0.352 e. The van der Waals surface area contributed by atoms with Crippen molar-refractivity contribution in [2.45, 2.75) is 37.2 Å². The Morgan fingerprint density at radius 2 is 2.17 bits per heavy atom. The zero-order valence-electron chi connectivity index (χ0n) is 13.3. The van der Waals surface area contributed by atoms with Crippen molar-refractivity contribution in [2.75, 3.05) is 18.5 Å². The van der Waals surface area contributed by atoms with Crippen LogP contribution in [0.2, 0.25) is 0 Å². The smallest absolute Gasteiger partial charge is 0.241 e. The van der Waals surface area contributed by atoms with Gasteiger partial charge < -0.3 is 9.47 Å². The van der Waals surface area contributed by atoms with Gasteiger partial charge in [-0.05, 0) is 38.9 Å². The predicted molar refractivity (Wildman–Crippen MR) is 87.8 cm³/mol. The van der Waals surface area contributed by atoms with Crippen molar-refractivity contribution in [1.29, 1.82) is 0 Å². The van der Waals surface area contributed by atoms with Crippen molar-refractivity contribution in [1.82, 2.24) is 19.3 Å². The average molecular weight is 335 g/mol. The van der Waals surface area contributed by atoms with Gasteiger partial charge in [0, 0.05) is 37.7 Å². The Bertz CT molecular complexity index is 769. The Balaban J connectivity index is 1.79. The third-order valence-electron chi connectivity index (χ3n) is 4.30. The Kier molecular flexibility index (Phi) is 4.36. The molecular weight excluding hydrogens is 314 g/mol. The first-order valence-corrected chi connectivity index (χ1v) is 9.13. The number of anilines is 1. The summed E-state index contributed by atoms with van der Waals surface area (Å²) in [7, 11) is -2.05. The normalized spacial score (nSPS) is 18.5. The summed E-state index contributed by atoms with van der Waals surface area (Å²) in [5, 5.41) is 0. The largest absolute Gasteiger partial charge is 0.352 e. The van der Waals surface area contributed by atoms with E-state index in [2.05, 4.69) is 24.2 Å². The van der Waals surface area contributed by atoms with Gasteiger partial charge in [-0.25, -0.2) is 23.1 Å². The van der Waals surface area contributed by atoms with Gasteiger partial charge in [-0.3, -0.25) is 0 Å². The molecule has 0 bridgehead atoms. The van der Waals surface area contributed by atoms with E-state index in [0.29, 0.717) is 6.04 Å². The number of hydrogen-bond donors (Lipinski definition) is 1. The van der Waals surface area contributed by atoms with Crippen LogP contribution in [0.5, 0.6) is 0 Å². The molecule has 0 aliphatic carbocycles. The Morgan fingerprint density at radius 3 is 2.78 bits per heavy atom. The van der Waals surface area contributed by atoms with Gasteiger partial charge in [0.1, 0.15) is 16.5 Å². The summed E-state index contributed by atoms with van der Waals surface area (Å²) in [5.41, 5.74) is 0. The molecule has 0 saturated carbocycles. The maximum absolute atomic E-state index is 11.8. The maximum Gasteiger partial charge on any atom is 0.241 e. The summed E-state index contributed by atoms with van der Waals surface area (Å²) in [6.07, 6.45) is 7.41. The number of hydrogen-bond acceptors (Lipinski definition) is 5. The van der Waals surface area contributed by atoms with Crippen molar-refractivity contribution in [3.63, 3.8) is 0 Å². The molecule has 23 heavy (non-hydrogen) atoms. The lowest BCUT2D eigenvalue weighted by molar-refractivity contribution is 0.538. The van der Waals surface area contributed by atoms with Crippen molar-refractivity contribution in [3.05, 3.63) is 36.5 Å². The van der Waals surface area contributed by atoms with Crippen LogP contribution < -0.4 is 9.62 Å². The van der Waals surface area contributed by atoms with Crippen LogP contribution in [0, 0.1) is 6.92 Å². The van der Waals surface area contributed by atoms with E-state index in [0.717, 1.165) is 37.6 Å². The molecule has 1 N–H and O–H groups in total. The monoisotopic (exact) mass is 335 g/mol. The predicted octanol–water partition coefficient (Wildman–Crippen LogP) is 1.16. The molecule has 3 rings (SSSR count). The van der Waals surface area contributed by atoms with Crippen LogP contribution >= 0.6 is 0 Å². The van der Waals surface area contributed by atoms with Crippen LogP contribution in [0.1, 0.15) is 18.7 Å². The highest BCUT2D eigenvalue weighted by Gasteiger charge is 2.26. The van der Waals surface area contributed by atoms with Gasteiger partial charge in [0.2, 0.25) is 10.0 Å². The summed E-state index contributed by atoms with van der Waals surface area (Å²) >= 11 is 0. The van der Waals surface area contributed by atoms with Crippen LogP contribution in [0.4, 0.5) is 5.82 Å². The fraction of sp³-hybridized carbons (Fsp3) is 0.467. The molecule has 1 aliphatic heterocycles. The van der Waals surface area contributed by atoms with Gasteiger partial charge in [-0.15, -0.1) is 0 Å². The van der Waals surface area contributed by atoms with Gasteiger partial charge in [-0.1, -0.05) is 0 Å². The zero-order valence-corrected chi connectivity index (χ0v) is 14.1. The molecule has 0 amide bonds. The van der Waals surface area contributed by atoms with Gasteiger partial charge in [0.25, 0.3) is 0 Å². The van der Waals surface area contributed by atoms with Crippen LogP contribution in [-0.4, -0.2) is 42.6 Å². The SMILES string of the molecule is CNS(=O)(=O)c1ccc(N2CCCC2Cn2ccnc2C)nc1. The molecular formula is C15H21N5O2S. The Morgan fingerprint density at radius 1 is 1.35 bits per heavy atom. The van der Waals surface area contributed by atoms with E-state index in [9.17, 15) is 8.42 Å². The van der Waals surface area contributed by atoms with Gasteiger partial charge in [0.05, 0.1) is 0 Å². The molecule has 1 atom stereocenters. The molecule has 1 aliphatic rings. The molecule has 124 valence electrons. The van der Waals surface area contributed by atoms with Gasteiger partial charge in [0.15, 0.2) is 0 Å². The molecule has 1 saturated heterocycles. The summed E-state index contributed by atoms with van der Waals surface area (Å²) in [4.78, 5) is 11.0. The van der Waals surface area contributed by atoms with Crippen molar-refractivity contribution in [3.8, 4) is 0 Å². The molecule has 0 spiro atoms. The fourth-order valence-electron chi connectivity index (χ4n) is 2.97. The highest BCUT2D eigenvalue weighted by atomic mass is 32.2. The van der Waals surface area contributed by atoms with Crippen LogP contribution in [0.3, 0.4) is 0 Å². The third kappa shape index (κ3) is 3.23. The number of pyridine rings is 1. The maximum atomic E-state index is 11.8. The molecule has 0 radical (unpaired) electrons. The van der Waals surface area contributed by atoms with E-state index in [4.69, 9.17) is 0 Å². The molecule has 2 aromatic heterocycles. The first-order valence-electron chi connectivity index (χ1n) is 7.65. The van der Waals surface area contributed by atoms with E-state index < -0.39 is 10.0 Å². The van der Waals surface area contributed by atoms with E-state index in [1.165, 1.54) is 13.2 Å². The molecule has 7 nitrogen and oxygen atoms in total. The molecule has 3 heterocycles. The third-order valence-corrected chi connectivity index (χ3v) is 5.70. The van der Waals surface area contributed by atoms with Crippen molar-refractivity contribution >= 4 is 15.8 Å². The molecule has 8 heteroatoms. The number of nitrogens with zero attached hydrogens (tertiary/aromatic N) is 4. The minimum absolute atomic E-state index is 0.185. The number of rotatable bonds is 5. The van der Waals surface area contributed by atoms with Gasteiger partial charge >= 0.3 is 0 Å². The Hall–Kier alpha value is -1.93. The number of sulfonamides is 1. The number of aryl methyl sites for hydroxylation is 1. The first kappa shape index (κ1) is 15.9. The van der Waals surface area contributed by atoms with Crippen molar-refractivity contribution in [2.24, 2.45) is 0 Å². The van der Waals surface area contributed by atoms with Crippen LogP contribution in [-0.2, 0) is 16.6 Å². The second-order valence-electron chi connectivity index (χ2n) is 5.68. The highest BCUT2D eigenvalue weighted by molar-refractivity contribution is 7.89. The average Bonchev–Trinajstić information content (AvgIpc) is 3.17. The number of imidazole rings is 1. The first-order chi connectivity index (χ1) is 11.0. The minimum atomic E-state index is -3.44. The second kappa shape index (κ2) is 6.29. The van der Waals surface area contributed by atoms with E-state index in [-0.39, 0.29) is 4.90 Å². The summed E-state index contributed by atoms with van der Waals surface area (Å²) in [6.45, 7) is 3.79. The number of aromatic nitrogens is 3. The quantitative estimate of drug-likeness (QED) is 0.887. The molecule has 2 aromatic rings. The fourth-order valence-corrected chi connectivity index (χ4v) is 3.64. The van der Waals surface area contributed by atoms with Crippen LogP contribution in [0.15, 0.2) is 35.6 Å². The molecule has 1 unspecified atom stereocenters. The highest BCUT2D eigenvalue weighted by Crippen LogP contribution is 2.25. The van der Waals surface area contributed by atoms with Gasteiger partial charge in [-0.2, -0.15) is 0 Å². The summed E-state index contributed by atoms with van der Waals surface area (Å²) in [5.74, 6) is 1.82. The molecule has 1 fully saturated rings. The lowest BCUT2D eigenvalue weighted by Crippen LogP contribution is -2.33. The van der Waals surface area contributed by atoms with E-state index in [1.807, 2.05) is 19.3 Å². The zero-order chi connectivity index (χ0) is 16.4. The Labute approximate surface area is 136 Å². The topological polar surface area (TPSA) is 80.1 Å². The summed E-state index contributed by atoms with van der Waals surface area (Å²) < 4.78 is 28.0. The van der Waals surface area contributed by atoms with E-state index >= 15 is 0 Å². The molecule has 0 aromatic carbocycles. The second-order valence-corrected chi connectivity index (χ2v) is 7.56. The van der Waals surface area contributed by atoms with E-state index in [1.54, 1.807) is 12.1 Å². The number of nitrogens with one attached hydrogen (secondary N) is 1. The lowest BCUT2D eigenvalue weighted by atomic mass is 10.2. The summed E-state index contributed by atoms with van der Waals surface area (Å²) in [6, 6.07) is 3.73. The van der Waals surface area contributed by atoms with Crippen LogP contribution in [0.25, 0.3) is 0 Å². The van der Waals surface area contributed by atoms with Crippen molar-refractivity contribution < 1.29 is 8.42 Å². The standard InChI is InChI=1S/C15H21N5O2S/c1-12-17-7-9-19(12)11-13-4-3-8-20(13)15-6-5-14(10-18-15)23(21,22)16-2/h5-7,9-10,13,16H,3-4,8,11H2,1-2H3. The lowest BCUT2D eigenvalue weighted by Gasteiger charge is -2.26.